The van der Waals surface area contributed by atoms with Crippen LogP contribution in [-0.4, -0.2) is 22.1 Å². The number of phenolic OH excluding ortho intramolecular Hbond substituents is 1. The van der Waals surface area contributed by atoms with Gasteiger partial charge in [0.05, 0.1) is 16.8 Å². The van der Waals surface area contributed by atoms with E-state index in [9.17, 15) is 19.1 Å². The van der Waals surface area contributed by atoms with Crippen LogP contribution in [0.3, 0.4) is 0 Å². The molecule has 6 heteroatoms. The third-order valence-electron chi connectivity index (χ3n) is 3.57. The van der Waals surface area contributed by atoms with Gasteiger partial charge in [0.25, 0.3) is 5.91 Å². The lowest BCUT2D eigenvalue weighted by atomic mass is 9.86. The topological polar surface area (TPSA) is 86.6 Å². The molecule has 0 radical (unpaired) electrons. The fourth-order valence-corrected chi connectivity index (χ4v) is 2.12. The molecule has 0 aliphatic heterocycles. The molecule has 126 valence electrons. The molecule has 0 saturated heterocycles. The van der Waals surface area contributed by atoms with E-state index in [4.69, 9.17) is 5.11 Å². The minimum absolute atomic E-state index is 0.0177. The molecule has 5 nitrogen and oxygen atoms in total. The molecule has 0 aliphatic rings. The lowest BCUT2D eigenvalue weighted by Gasteiger charge is -2.20. The van der Waals surface area contributed by atoms with E-state index < -0.39 is 17.7 Å². The highest BCUT2D eigenvalue weighted by atomic mass is 19.1. The summed E-state index contributed by atoms with van der Waals surface area (Å²) in [6, 6.07) is 7.86. The van der Waals surface area contributed by atoms with E-state index >= 15 is 0 Å². The molecule has 0 aromatic heterocycles. The molecule has 1 amide bonds. The first-order valence-electron chi connectivity index (χ1n) is 7.27. The number of hydrogen-bond donors (Lipinski definition) is 3. The number of aromatic hydroxyl groups is 1. The number of hydrogen-bond acceptors (Lipinski definition) is 3. The Morgan fingerprint density at radius 1 is 1.08 bits per heavy atom. The summed E-state index contributed by atoms with van der Waals surface area (Å²) in [7, 11) is 0. The third kappa shape index (κ3) is 3.71. The van der Waals surface area contributed by atoms with Crippen molar-refractivity contribution >= 4 is 17.6 Å². The van der Waals surface area contributed by atoms with Gasteiger partial charge in [-0.3, -0.25) is 4.79 Å². The molecular formula is C18H18FNO4. The van der Waals surface area contributed by atoms with Crippen LogP contribution in [0.25, 0.3) is 0 Å². The lowest BCUT2D eigenvalue weighted by Crippen LogP contribution is -2.16. The van der Waals surface area contributed by atoms with Crippen molar-refractivity contribution in [1.82, 2.24) is 0 Å². The number of phenols is 1. The highest BCUT2D eigenvalue weighted by Crippen LogP contribution is 2.28. The maximum atomic E-state index is 13.9. The fourth-order valence-electron chi connectivity index (χ4n) is 2.12. The monoisotopic (exact) mass is 331 g/mol. The number of carboxylic acid groups (broad SMARTS) is 1. The van der Waals surface area contributed by atoms with Crippen molar-refractivity contribution in [3.63, 3.8) is 0 Å². The molecule has 2 aromatic carbocycles. The van der Waals surface area contributed by atoms with Crippen LogP contribution in [-0.2, 0) is 5.41 Å². The summed E-state index contributed by atoms with van der Waals surface area (Å²) in [6.45, 7) is 5.89. The van der Waals surface area contributed by atoms with Gasteiger partial charge < -0.3 is 15.5 Å². The Bertz CT molecular complexity index is 809. The number of anilines is 1. The Hall–Kier alpha value is -2.89. The second-order valence-corrected chi connectivity index (χ2v) is 6.44. The number of carboxylic acids is 1. The maximum Gasteiger partial charge on any atom is 0.335 e. The number of halogens is 1. The predicted octanol–water partition coefficient (Wildman–Crippen LogP) is 3.78. The predicted molar refractivity (Wildman–Crippen MR) is 88.1 cm³/mol. The highest BCUT2D eigenvalue weighted by molar-refractivity contribution is 6.06. The molecule has 0 spiro atoms. The van der Waals surface area contributed by atoms with Gasteiger partial charge in [0.1, 0.15) is 11.6 Å². The van der Waals surface area contributed by atoms with E-state index in [2.05, 4.69) is 5.32 Å². The van der Waals surface area contributed by atoms with Crippen molar-refractivity contribution in [2.45, 2.75) is 26.2 Å². The summed E-state index contributed by atoms with van der Waals surface area (Å²) < 4.78 is 13.9. The molecule has 0 fully saturated rings. The number of rotatable bonds is 3. The fraction of sp³-hybridized carbons (Fsp3) is 0.222. The Morgan fingerprint density at radius 2 is 1.75 bits per heavy atom. The van der Waals surface area contributed by atoms with Gasteiger partial charge in [-0.1, -0.05) is 26.8 Å². The quantitative estimate of drug-likeness (QED) is 0.799. The Balaban J connectivity index is 2.32. The summed E-state index contributed by atoms with van der Waals surface area (Å²) in [4.78, 5) is 23.1. The number of carbonyl (C=O) groups is 2. The van der Waals surface area contributed by atoms with Gasteiger partial charge in [-0.2, -0.15) is 0 Å². The third-order valence-corrected chi connectivity index (χ3v) is 3.57. The molecule has 2 rings (SSSR count). The summed E-state index contributed by atoms with van der Waals surface area (Å²) in [5.41, 5.74) is 0.252. The van der Waals surface area contributed by atoms with Crippen LogP contribution in [0.2, 0.25) is 0 Å². The molecule has 24 heavy (non-hydrogen) atoms. The Labute approximate surface area is 138 Å². The van der Waals surface area contributed by atoms with Gasteiger partial charge in [-0.25, -0.2) is 9.18 Å². The van der Waals surface area contributed by atoms with Gasteiger partial charge in [0, 0.05) is 0 Å². The second-order valence-electron chi connectivity index (χ2n) is 6.44. The zero-order chi connectivity index (χ0) is 18.1. The van der Waals surface area contributed by atoms with Gasteiger partial charge in [-0.15, -0.1) is 0 Å². The average Bonchev–Trinajstić information content (AvgIpc) is 2.48. The smallest absolute Gasteiger partial charge is 0.335 e. The number of nitrogens with one attached hydrogen (secondary N) is 1. The van der Waals surface area contributed by atoms with Crippen LogP contribution in [0.1, 0.15) is 47.1 Å². The van der Waals surface area contributed by atoms with Gasteiger partial charge in [0.15, 0.2) is 0 Å². The van der Waals surface area contributed by atoms with Crippen molar-refractivity contribution in [2.75, 3.05) is 5.32 Å². The first-order chi connectivity index (χ1) is 11.1. The Morgan fingerprint density at radius 3 is 2.29 bits per heavy atom. The van der Waals surface area contributed by atoms with Gasteiger partial charge in [-0.05, 0) is 41.3 Å². The van der Waals surface area contributed by atoms with Crippen molar-refractivity contribution < 1.29 is 24.2 Å². The minimum atomic E-state index is -1.26. The minimum Gasteiger partial charge on any atom is -0.507 e. The van der Waals surface area contributed by atoms with Crippen LogP contribution in [0, 0.1) is 5.82 Å². The number of aromatic carboxylic acids is 1. The molecule has 0 heterocycles. The summed E-state index contributed by atoms with van der Waals surface area (Å²) >= 11 is 0. The number of benzene rings is 2. The molecule has 0 bridgehead atoms. The van der Waals surface area contributed by atoms with Crippen LogP contribution >= 0.6 is 0 Å². The van der Waals surface area contributed by atoms with Crippen molar-refractivity contribution in [1.29, 1.82) is 0 Å². The molecule has 0 saturated carbocycles. The molecule has 3 N–H and O–H groups in total. The summed E-state index contributed by atoms with van der Waals surface area (Å²) in [6.07, 6.45) is 0. The van der Waals surface area contributed by atoms with Gasteiger partial charge >= 0.3 is 5.97 Å². The van der Waals surface area contributed by atoms with Crippen molar-refractivity contribution in [3.05, 3.63) is 58.9 Å². The van der Waals surface area contributed by atoms with Crippen molar-refractivity contribution in [3.8, 4) is 5.75 Å². The largest absolute Gasteiger partial charge is 0.507 e. The average molecular weight is 331 g/mol. The van der Waals surface area contributed by atoms with Crippen LogP contribution in [0.15, 0.2) is 36.4 Å². The zero-order valence-electron chi connectivity index (χ0n) is 13.6. The number of amides is 1. The molecular weight excluding hydrogens is 313 g/mol. The van der Waals surface area contributed by atoms with E-state index in [1.165, 1.54) is 18.2 Å². The van der Waals surface area contributed by atoms with Crippen LogP contribution in [0.5, 0.6) is 5.75 Å². The molecule has 0 unspecified atom stereocenters. The van der Waals surface area contributed by atoms with Crippen LogP contribution in [0.4, 0.5) is 10.1 Å². The Kier molecular flexibility index (Phi) is 4.59. The second kappa shape index (κ2) is 6.31. The SMILES string of the molecule is CC(C)(C)c1ccc(O)c(C(=O)Nc2ccc(C(=O)O)cc2F)c1. The van der Waals surface area contributed by atoms with Crippen LogP contribution < -0.4 is 5.32 Å². The highest BCUT2D eigenvalue weighted by Gasteiger charge is 2.19. The standard InChI is InChI=1S/C18H18FNO4/c1-18(2,3)11-5-7-15(21)12(9-11)16(22)20-14-6-4-10(17(23)24)8-13(14)19/h4-9,21H,1-3H3,(H,20,22)(H,23,24). The number of carbonyl (C=O) groups excluding carboxylic acids is 1. The summed E-state index contributed by atoms with van der Waals surface area (Å²) in [5, 5.41) is 21.1. The van der Waals surface area contributed by atoms with E-state index in [1.54, 1.807) is 12.1 Å². The zero-order valence-corrected chi connectivity index (χ0v) is 13.6. The molecule has 0 atom stereocenters. The van der Waals surface area contributed by atoms with E-state index in [0.717, 1.165) is 11.6 Å². The van der Waals surface area contributed by atoms with E-state index in [-0.39, 0.29) is 28.0 Å². The first kappa shape index (κ1) is 17.5. The lowest BCUT2D eigenvalue weighted by molar-refractivity contribution is 0.0696. The van der Waals surface area contributed by atoms with E-state index in [0.29, 0.717) is 0 Å². The molecule has 0 aliphatic carbocycles. The summed E-state index contributed by atoms with van der Waals surface area (Å²) in [5.74, 6) is -3.03. The first-order valence-corrected chi connectivity index (χ1v) is 7.27. The van der Waals surface area contributed by atoms with E-state index in [1.807, 2.05) is 20.8 Å². The van der Waals surface area contributed by atoms with Crippen molar-refractivity contribution in [2.24, 2.45) is 0 Å². The normalized spacial score (nSPS) is 11.2. The van der Waals surface area contributed by atoms with Gasteiger partial charge in [0.2, 0.25) is 0 Å². The maximum absolute atomic E-state index is 13.9. The molecule has 2 aromatic rings.